The first-order valence-electron chi connectivity index (χ1n) is 5.46. The molecule has 96 valence electrons. The van der Waals surface area contributed by atoms with Gasteiger partial charge < -0.3 is 9.67 Å². The Kier molecular flexibility index (Phi) is 4.38. The highest BCUT2D eigenvalue weighted by molar-refractivity contribution is 7.99. The first-order valence-corrected chi connectivity index (χ1v) is 7.39. The van der Waals surface area contributed by atoms with Crippen molar-refractivity contribution in [3.63, 3.8) is 0 Å². The zero-order valence-electron chi connectivity index (χ0n) is 9.87. The van der Waals surface area contributed by atoms with E-state index in [1.165, 1.54) is 11.8 Å². The molecule has 0 atom stereocenters. The molecule has 2 heterocycles. The Bertz CT molecular complexity index is 522. The van der Waals surface area contributed by atoms with Gasteiger partial charge in [-0.2, -0.15) is 0 Å². The van der Waals surface area contributed by atoms with Crippen molar-refractivity contribution in [2.75, 3.05) is 5.75 Å². The molecule has 0 fully saturated rings. The lowest BCUT2D eigenvalue weighted by Gasteiger charge is -2.08. The van der Waals surface area contributed by atoms with Gasteiger partial charge in [-0.1, -0.05) is 18.7 Å². The van der Waals surface area contributed by atoms with E-state index in [1.807, 2.05) is 9.95 Å². The summed E-state index contributed by atoms with van der Waals surface area (Å²) < 4.78 is 2.03. The van der Waals surface area contributed by atoms with E-state index in [4.69, 9.17) is 5.11 Å². The van der Waals surface area contributed by atoms with Crippen LogP contribution in [0.15, 0.2) is 22.2 Å². The van der Waals surface area contributed by atoms with Crippen LogP contribution in [0.5, 0.6) is 0 Å². The Balaban J connectivity index is 2.19. The zero-order chi connectivity index (χ0) is 13.0. The predicted molar refractivity (Wildman–Crippen MR) is 71.2 cm³/mol. The van der Waals surface area contributed by atoms with Gasteiger partial charge in [-0.25, -0.2) is 9.97 Å². The fraction of sp³-hybridized carbons (Fsp3) is 0.364. The molecule has 1 N–H and O–H groups in total. The van der Waals surface area contributed by atoms with Crippen LogP contribution in [0, 0.1) is 0 Å². The second kappa shape index (κ2) is 6.01. The number of aromatic nitrogens is 3. The van der Waals surface area contributed by atoms with Gasteiger partial charge >= 0.3 is 5.97 Å². The molecule has 0 amide bonds. The summed E-state index contributed by atoms with van der Waals surface area (Å²) in [5.41, 5.74) is 3.86. The van der Waals surface area contributed by atoms with Crippen molar-refractivity contribution in [2.24, 2.45) is 0 Å². The van der Waals surface area contributed by atoms with Gasteiger partial charge in [0.15, 0.2) is 5.16 Å². The Hall–Kier alpha value is -1.34. The van der Waals surface area contributed by atoms with Crippen molar-refractivity contribution in [1.82, 2.24) is 14.5 Å². The number of rotatable bonds is 6. The fourth-order valence-corrected chi connectivity index (χ4v) is 2.83. The standard InChI is InChI=1S/C11H13N3O2S2/c1-2-9-3-12-11(18-6-10(15)16)14(9)4-8-5-17-7-13-8/h3,5,7H,2,4,6H2,1H3,(H,15,16). The summed E-state index contributed by atoms with van der Waals surface area (Å²) in [5.74, 6) is -0.807. The number of hydrogen-bond acceptors (Lipinski definition) is 5. The summed E-state index contributed by atoms with van der Waals surface area (Å²) >= 11 is 2.79. The molecule has 0 radical (unpaired) electrons. The Morgan fingerprint density at radius 1 is 1.56 bits per heavy atom. The molecule has 0 saturated carbocycles. The van der Waals surface area contributed by atoms with E-state index >= 15 is 0 Å². The third kappa shape index (κ3) is 3.11. The van der Waals surface area contributed by atoms with E-state index in [1.54, 1.807) is 23.0 Å². The average Bonchev–Trinajstić information content (AvgIpc) is 2.97. The van der Waals surface area contributed by atoms with Crippen LogP contribution in [-0.2, 0) is 17.8 Å². The van der Waals surface area contributed by atoms with Crippen molar-refractivity contribution in [3.05, 3.63) is 28.5 Å². The molecule has 0 spiro atoms. The molecule has 18 heavy (non-hydrogen) atoms. The maximum absolute atomic E-state index is 10.6. The van der Waals surface area contributed by atoms with Crippen LogP contribution in [0.4, 0.5) is 0 Å². The molecular formula is C11H13N3O2S2. The van der Waals surface area contributed by atoms with Crippen LogP contribution in [0.2, 0.25) is 0 Å². The van der Waals surface area contributed by atoms with Crippen LogP contribution < -0.4 is 0 Å². The summed E-state index contributed by atoms with van der Waals surface area (Å²) in [6.07, 6.45) is 2.67. The van der Waals surface area contributed by atoms with E-state index in [0.717, 1.165) is 23.0 Å². The lowest BCUT2D eigenvalue weighted by Crippen LogP contribution is -2.07. The minimum atomic E-state index is -0.832. The van der Waals surface area contributed by atoms with Crippen molar-refractivity contribution in [2.45, 2.75) is 25.0 Å². The van der Waals surface area contributed by atoms with Gasteiger partial charge in [0.25, 0.3) is 0 Å². The van der Waals surface area contributed by atoms with E-state index in [0.29, 0.717) is 6.54 Å². The van der Waals surface area contributed by atoms with Gasteiger partial charge in [0.05, 0.1) is 23.5 Å². The number of imidazole rings is 1. The van der Waals surface area contributed by atoms with Crippen molar-refractivity contribution < 1.29 is 9.90 Å². The topological polar surface area (TPSA) is 68.0 Å². The molecular weight excluding hydrogens is 270 g/mol. The maximum atomic E-state index is 10.6. The third-order valence-corrected chi connectivity index (χ3v) is 4.00. The summed E-state index contributed by atoms with van der Waals surface area (Å²) in [7, 11) is 0. The third-order valence-electron chi connectivity index (χ3n) is 2.39. The number of thiazole rings is 1. The number of aliphatic carboxylic acids is 1. The van der Waals surface area contributed by atoms with Gasteiger partial charge in [-0.15, -0.1) is 11.3 Å². The zero-order valence-corrected chi connectivity index (χ0v) is 11.5. The molecule has 0 aliphatic rings. The van der Waals surface area contributed by atoms with Crippen molar-refractivity contribution in [3.8, 4) is 0 Å². The van der Waals surface area contributed by atoms with Crippen LogP contribution in [0.3, 0.4) is 0 Å². The lowest BCUT2D eigenvalue weighted by molar-refractivity contribution is -0.133. The molecule has 2 aromatic rings. The van der Waals surface area contributed by atoms with Gasteiger partial charge in [0.1, 0.15) is 0 Å². The van der Waals surface area contributed by atoms with E-state index in [9.17, 15) is 4.79 Å². The summed E-state index contributed by atoms with van der Waals surface area (Å²) in [6, 6.07) is 0. The Morgan fingerprint density at radius 2 is 2.39 bits per heavy atom. The quantitative estimate of drug-likeness (QED) is 0.823. The average molecular weight is 283 g/mol. The number of carboxylic acid groups (broad SMARTS) is 1. The van der Waals surface area contributed by atoms with Gasteiger partial charge in [0, 0.05) is 17.3 Å². The molecule has 0 aliphatic heterocycles. The highest BCUT2D eigenvalue weighted by Crippen LogP contribution is 2.20. The number of thioether (sulfide) groups is 1. The summed E-state index contributed by atoms with van der Waals surface area (Å²) in [5, 5.41) is 11.4. The molecule has 2 rings (SSSR count). The number of carboxylic acids is 1. The van der Waals surface area contributed by atoms with Crippen LogP contribution >= 0.6 is 23.1 Å². The van der Waals surface area contributed by atoms with Crippen LogP contribution in [0.25, 0.3) is 0 Å². The maximum Gasteiger partial charge on any atom is 0.313 e. The van der Waals surface area contributed by atoms with E-state index in [2.05, 4.69) is 16.9 Å². The summed E-state index contributed by atoms with van der Waals surface area (Å²) in [6.45, 7) is 2.70. The monoisotopic (exact) mass is 283 g/mol. The second-order valence-corrected chi connectivity index (χ2v) is 5.30. The first kappa shape index (κ1) is 13.1. The molecule has 0 saturated heterocycles. The second-order valence-electron chi connectivity index (χ2n) is 3.63. The first-order chi connectivity index (χ1) is 8.70. The molecule has 7 heteroatoms. The Morgan fingerprint density at radius 3 is 3.00 bits per heavy atom. The van der Waals surface area contributed by atoms with Gasteiger partial charge in [-0.3, -0.25) is 4.79 Å². The summed E-state index contributed by atoms with van der Waals surface area (Å²) in [4.78, 5) is 19.1. The molecule has 5 nitrogen and oxygen atoms in total. The van der Waals surface area contributed by atoms with Crippen molar-refractivity contribution >= 4 is 29.1 Å². The van der Waals surface area contributed by atoms with Gasteiger partial charge in [0.2, 0.25) is 0 Å². The SMILES string of the molecule is CCc1cnc(SCC(=O)O)n1Cc1cscn1. The molecule has 0 bridgehead atoms. The minimum absolute atomic E-state index is 0.0250. The number of aryl methyl sites for hydroxylation is 1. The molecule has 0 unspecified atom stereocenters. The highest BCUT2D eigenvalue weighted by Gasteiger charge is 2.12. The molecule has 0 aliphatic carbocycles. The smallest absolute Gasteiger partial charge is 0.313 e. The van der Waals surface area contributed by atoms with Crippen molar-refractivity contribution in [1.29, 1.82) is 0 Å². The highest BCUT2D eigenvalue weighted by atomic mass is 32.2. The molecule has 0 aromatic carbocycles. The number of hydrogen-bond donors (Lipinski definition) is 1. The van der Waals surface area contributed by atoms with Gasteiger partial charge in [-0.05, 0) is 6.42 Å². The predicted octanol–water partition coefficient (Wildman–Crippen LogP) is 2.13. The Labute approximate surface area is 113 Å². The lowest BCUT2D eigenvalue weighted by atomic mass is 10.3. The largest absolute Gasteiger partial charge is 0.481 e. The van der Waals surface area contributed by atoms with Crippen LogP contribution in [0.1, 0.15) is 18.3 Å². The number of carbonyl (C=O) groups is 1. The van der Waals surface area contributed by atoms with E-state index < -0.39 is 5.97 Å². The fourth-order valence-electron chi connectivity index (χ4n) is 1.56. The van der Waals surface area contributed by atoms with E-state index in [-0.39, 0.29) is 5.75 Å². The minimum Gasteiger partial charge on any atom is -0.481 e. The molecule has 2 aromatic heterocycles. The normalized spacial score (nSPS) is 10.7. The van der Waals surface area contributed by atoms with Crippen LogP contribution in [-0.4, -0.2) is 31.4 Å². The number of nitrogens with zero attached hydrogens (tertiary/aromatic N) is 3.